The van der Waals surface area contributed by atoms with Gasteiger partial charge in [-0.1, -0.05) is 23.7 Å². The Hall–Kier alpha value is -2.15. The van der Waals surface area contributed by atoms with E-state index < -0.39 is 10.0 Å². The Balaban J connectivity index is 2.04. The molecule has 3 aromatic rings. The third kappa shape index (κ3) is 3.76. The number of halogens is 1. The highest BCUT2D eigenvalue weighted by Crippen LogP contribution is 2.25. The maximum absolute atomic E-state index is 11.4. The van der Waals surface area contributed by atoms with Gasteiger partial charge in [0.05, 0.1) is 10.6 Å². The van der Waals surface area contributed by atoms with Crippen molar-refractivity contribution in [3.05, 3.63) is 70.5 Å². The summed E-state index contributed by atoms with van der Waals surface area (Å²) in [6.45, 7) is 4.58. The number of sulfonamides is 1. The molecule has 1 aromatic heterocycles. The van der Waals surface area contributed by atoms with Gasteiger partial charge >= 0.3 is 0 Å². The average Bonchev–Trinajstić information content (AvgIpc) is 2.83. The van der Waals surface area contributed by atoms with Gasteiger partial charge in [0, 0.05) is 22.8 Å². The molecule has 2 N–H and O–H groups in total. The lowest BCUT2D eigenvalue weighted by molar-refractivity contribution is 0.598. The van der Waals surface area contributed by atoms with Gasteiger partial charge in [0.2, 0.25) is 10.0 Å². The number of nitrogens with two attached hydrogens (primary N) is 1. The van der Waals surface area contributed by atoms with Crippen LogP contribution in [0.1, 0.15) is 17.0 Å². The van der Waals surface area contributed by atoms with Crippen LogP contribution in [0.15, 0.2) is 53.4 Å². The molecule has 5 nitrogen and oxygen atoms in total. The van der Waals surface area contributed by atoms with Gasteiger partial charge in [-0.25, -0.2) is 18.5 Å². The smallest absolute Gasteiger partial charge is 0.238 e. The Kier molecular flexibility index (Phi) is 4.69. The Labute approximate surface area is 152 Å². The molecule has 2 aromatic carbocycles. The van der Waals surface area contributed by atoms with Crippen LogP contribution in [-0.4, -0.2) is 18.0 Å². The maximum Gasteiger partial charge on any atom is 0.238 e. The van der Waals surface area contributed by atoms with Crippen LogP contribution in [-0.2, 0) is 16.6 Å². The highest BCUT2D eigenvalue weighted by molar-refractivity contribution is 7.89. The first kappa shape index (κ1) is 17.7. The topological polar surface area (TPSA) is 78.0 Å². The Bertz CT molecular complexity index is 1020. The fourth-order valence-corrected chi connectivity index (χ4v) is 3.41. The van der Waals surface area contributed by atoms with Gasteiger partial charge < -0.3 is 4.57 Å². The van der Waals surface area contributed by atoms with Gasteiger partial charge in [0.1, 0.15) is 5.82 Å². The van der Waals surface area contributed by atoms with Crippen LogP contribution in [0.5, 0.6) is 0 Å². The predicted molar refractivity (Wildman–Crippen MR) is 99.1 cm³/mol. The fraction of sp³-hybridized carbons (Fsp3) is 0.167. The number of primary sulfonamides is 1. The number of benzene rings is 2. The number of hydrogen-bond acceptors (Lipinski definition) is 3. The second kappa shape index (κ2) is 6.63. The third-order valence-corrected chi connectivity index (χ3v) is 5.29. The van der Waals surface area contributed by atoms with Crippen LogP contribution in [0.3, 0.4) is 0 Å². The molecule has 0 aliphatic rings. The number of aryl methyl sites for hydroxylation is 1. The first-order valence-electron chi connectivity index (χ1n) is 7.67. The molecule has 0 fully saturated rings. The molecule has 0 spiro atoms. The van der Waals surface area contributed by atoms with Crippen molar-refractivity contribution in [3.63, 3.8) is 0 Å². The molecule has 0 bridgehead atoms. The molecule has 0 unspecified atom stereocenters. The molecule has 0 aliphatic carbocycles. The summed E-state index contributed by atoms with van der Waals surface area (Å²) in [6, 6.07) is 14.1. The minimum atomic E-state index is -3.71. The van der Waals surface area contributed by atoms with E-state index in [0.29, 0.717) is 11.6 Å². The van der Waals surface area contributed by atoms with E-state index in [0.717, 1.165) is 28.3 Å². The van der Waals surface area contributed by atoms with E-state index in [9.17, 15) is 8.42 Å². The summed E-state index contributed by atoms with van der Waals surface area (Å²) < 4.78 is 24.9. The van der Waals surface area contributed by atoms with E-state index in [1.165, 1.54) is 12.1 Å². The average molecular weight is 376 g/mol. The molecule has 7 heteroatoms. The van der Waals surface area contributed by atoms with E-state index in [1.807, 2.05) is 38.1 Å². The van der Waals surface area contributed by atoms with E-state index in [2.05, 4.69) is 9.55 Å². The molecular formula is C18H18ClN3O2S. The molecule has 3 rings (SSSR count). The zero-order valence-electron chi connectivity index (χ0n) is 13.9. The van der Waals surface area contributed by atoms with Gasteiger partial charge in [-0.15, -0.1) is 0 Å². The zero-order chi connectivity index (χ0) is 18.2. The van der Waals surface area contributed by atoms with Crippen LogP contribution < -0.4 is 5.14 Å². The van der Waals surface area contributed by atoms with Gasteiger partial charge in [-0.05, 0) is 55.8 Å². The number of hydrogen-bond donors (Lipinski definition) is 1. The lowest BCUT2D eigenvalue weighted by atomic mass is 10.2. The van der Waals surface area contributed by atoms with Crippen LogP contribution in [0.25, 0.3) is 11.4 Å². The summed E-state index contributed by atoms with van der Waals surface area (Å²) in [5, 5.41) is 5.85. The molecule has 0 saturated carbocycles. The maximum atomic E-state index is 11.4. The van der Waals surface area contributed by atoms with E-state index >= 15 is 0 Å². The SMILES string of the molecule is Cc1nc(-c2ccc(S(N)(=O)=O)cc2)n(Cc2cccc(Cl)c2)c1C. The van der Waals surface area contributed by atoms with Crippen molar-refractivity contribution >= 4 is 21.6 Å². The highest BCUT2D eigenvalue weighted by atomic mass is 35.5. The predicted octanol–water partition coefficient (Wildman–Crippen LogP) is 3.52. The summed E-state index contributed by atoms with van der Waals surface area (Å²) in [6.07, 6.45) is 0. The molecule has 0 saturated heterocycles. The molecule has 25 heavy (non-hydrogen) atoms. The van der Waals surface area contributed by atoms with E-state index in [-0.39, 0.29) is 4.90 Å². The highest BCUT2D eigenvalue weighted by Gasteiger charge is 2.15. The minimum absolute atomic E-state index is 0.0811. The van der Waals surface area contributed by atoms with Crippen LogP contribution in [0.2, 0.25) is 5.02 Å². The molecule has 130 valence electrons. The summed E-state index contributed by atoms with van der Waals surface area (Å²) in [4.78, 5) is 4.72. The van der Waals surface area contributed by atoms with Crippen LogP contribution in [0, 0.1) is 13.8 Å². The number of aromatic nitrogens is 2. The fourth-order valence-electron chi connectivity index (χ4n) is 2.68. The van der Waals surface area contributed by atoms with Gasteiger partial charge in [-0.3, -0.25) is 0 Å². The Morgan fingerprint density at radius 1 is 1.12 bits per heavy atom. The zero-order valence-corrected chi connectivity index (χ0v) is 15.5. The number of nitrogens with zero attached hydrogens (tertiary/aromatic N) is 2. The van der Waals surface area contributed by atoms with Crippen LogP contribution in [0.4, 0.5) is 0 Å². The molecule has 0 aliphatic heterocycles. The number of imidazole rings is 1. The van der Waals surface area contributed by atoms with Crippen molar-refractivity contribution in [1.29, 1.82) is 0 Å². The standard InChI is InChI=1S/C18H18ClN3O2S/c1-12-13(2)22(11-14-4-3-5-16(19)10-14)18(21-12)15-6-8-17(9-7-15)25(20,23)24/h3-10H,11H2,1-2H3,(H2,20,23,24). The first-order chi connectivity index (χ1) is 11.8. The van der Waals surface area contributed by atoms with Crippen molar-refractivity contribution in [2.75, 3.05) is 0 Å². The molecule has 0 atom stereocenters. The van der Waals surface area contributed by atoms with E-state index in [1.54, 1.807) is 12.1 Å². The third-order valence-electron chi connectivity index (χ3n) is 4.13. The van der Waals surface area contributed by atoms with Gasteiger partial charge in [0.25, 0.3) is 0 Å². The lowest BCUT2D eigenvalue weighted by Crippen LogP contribution is -2.11. The van der Waals surface area contributed by atoms with Gasteiger partial charge in [-0.2, -0.15) is 0 Å². The Morgan fingerprint density at radius 2 is 1.80 bits per heavy atom. The van der Waals surface area contributed by atoms with E-state index in [4.69, 9.17) is 16.7 Å². The monoisotopic (exact) mass is 375 g/mol. The van der Waals surface area contributed by atoms with Crippen LogP contribution >= 0.6 is 11.6 Å². The summed E-state index contributed by atoms with van der Waals surface area (Å²) >= 11 is 6.08. The summed E-state index contributed by atoms with van der Waals surface area (Å²) in [5.41, 5.74) is 3.86. The largest absolute Gasteiger partial charge is 0.324 e. The van der Waals surface area contributed by atoms with Crippen molar-refractivity contribution in [2.24, 2.45) is 5.14 Å². The first-order valence-corrected chi connectivity index (χ1v) is 9.59. The molecular weight excluding hydrogens is 358 g/mol. The Morgan fingerprint density at radius 3 is 2.40 bits per heavy atom. The normalized spacial score (nSPS) is 11.7. The van der Waals surface area contributed by atoms with Crippen molar-refractivity contribution in [2.45, 2.75) is 25.3 Å². The van der Waals surface area contributed by atoms with Crippen molar-refractivity contribution in [3.8, 4) is 11.4 Å². The number of rotatable bonds is 4. The molecule has 1 heterocycles. The summed E-state index contributed by atoms with van der Waals surface area (Å²) in [5.74, 6) is 0.774. The minimum Gasteiger partial charge on any atom is -0.324 e. The quantitative estimate of drug-likeness (QED) is 0.757. The van der Waals surface area contributed by atoms with Crippen molar-refractivity contribution in [1.82, 2.24) is 9.55 Å². The second-order valence-electron chi connectivity index (χ2n) is 5.89. The summed E-state index contributed by atoms with van der Waals surface area (Å²) in [7, 11) is -3.71. The van der Waals surface area contributed by atoms with Crippen molar-refractivity contribution < 1.29 is 8.42 Å². The molecule has 0 radical (unpaired) electrons. The van der Waals surface area contributed by atoms with Gasteiger partial charge in [0.15, 0.2) is 0 Å². The molecule has 0 amide bonds. The lowest BCUT2D eigenvalue weighted by Gasteiger charge is -2.11. The second-order valence-corrected chi connectivity index (χ2v) is 7.89.